The summed E-state index contributed by atoms with van der Waals surface area (Å²) >= 11 is 1.76. The molecular formula is C16H23N3S. The highest BCUT2D eigenvalue weighted by Crippen LogP contribution is 2.29. The van der Waals surface area contributed by atoms with Gasteiger partial charge in [0.2, 0.25) is 0 Å². The van der Waals surface area contributed by atoms with Gasteiger partial charge in [-0.05, 0) is 36.2 Å². The van der Waals surface area contributed by atoms with Crippen molar-refractivity contribution < 1.29 is 0 Å². The Hall–Kier alpha value is -1.13. The van der Waals surface area contributed by atoms with Crippen LogP contribution < -0.4 is 5.32 Å². The molecule has 0 amide bonds. The van der Waals surface area contributed by atoms with E-state index in [1.807, 2.05) is 6.20 Å². The molecule has 2 N–H and O–H groups in total. The molecule has 0 aromatic carbocycles. The number of hydrogen-bond acceptors (Lipinski definition) is 3. The Morgan fingerprint density at radius 1 is 1.40 bits per heavy atom. The van der Waals surface area contributed by atoms with E-state index in [1.54, 1.807) is 11.3 Å². The van der Waals surface area contributed by atoms with Crippen LogP contribution in [-0.4, -0.2) is 16.7 Å². The molecule has 0 aliphatic heterocycles. The lowest BCUT2D eigenvalue weighted by Gasteiger charge is -2.28. The quantitative estimate of drug-likeness (QED) is 0.871. The lowest BCUT2D eigenvalue weighted by atomic mass is 9.80. The maximum Gasteiger partial charge on any atom is 0.0794 e. The molecule has 3 nitrogen and oxygen atoms in total. The van der Waals surface area contributed by atoms with E-state index in [0.717, 1.165) is 24.9 Å². The summed E-state index contributed by atoms with van der Waals surface area (Å²) in [5.74, 6) is 1.72. The van der Waals surface area contributed by atoms with Crippen LogP contribution in [0.1, 0.15) is 38.2 Å². The second-order valence-electron chi connectivity index (χ2n) is 5.90. The third-order valence-electron chi connectivity index (χ3n) is 4.50. The monoisotopic (exact) mass is 289 g/mol. The highest BCUT2D eigenvalue weighted by atomic mass is 32.1. The van der Waals surface area contributed by atoms with E-state index in [9.17, 15) is 0 Å². The molecule has 20 heavy (non-hydrogen) atoms. The maximum absolute atomic E-state index is 4.20. The van der Waals surface area contributed by atoms with Crippen molar-refractivity contribution in [1.82, 2.24) is 15.5 Å². The average Bonchev–Trinajstić information content (AvgIpc) is 3.11. The highest BCUT2D eigenvalue weighted by Gasteiger charge is 2.20. The van der Waals surface area contributed by atoms with Crippen LogP contribution in [0.25, 0.3) is 10.6 Å². The first kappa shape index (κ1) is 13.8. The molecule has 2 aromatic heterocycles. The summed E-state index contributed by atoms with van der Waals surface area (Å²) in [6, 6.07) is 4.23. The minimum atomic E-state index is 0.848. The SMILES string of the molecule is CC1CCCCC1CNCc1cn[nH]c1-c1cccs1. The van der Waals surface area contributed by atoms with Crippen molar-refractivity contribution in [2.75, 3.05) is 6.54 Å². The van der Waals surface area contributed by atoms with Crippen LogP contribution >= 0.6 is 11.3 Å². The van der Waals surface area contributed by atoms with Crippen molar-refractivity contribution >= 4 is 11.3 Å². The average molecular weight is 289 g/mol. The first-order chi connectivity index (χ1) is 9.84. The summed E-state index contributed by atoms with van der Waals surface area (Å²) in [6.45, 7) is 4.45. The Balaban J connectivity index is 1.55. The Kier molecular flexibility index (Phi) is 4.53. The molecule has 0 spiro atoms. The van der Waals surface area contributed by atoms with Gasteiger partial charge < -0.3 is 5.32 Å². The van der Waals surface area contributed by atoms with Gasteiger partial charge in [0.25, 0.3) is 0 Å². The lowest BCUT2D eigenvalue weighted by Crippen LogP contribution is -2.29. The largest absolute Gasteiger partial charge is 0.312 e. The van der Waals surface area contributed by atoms with Gasteiger partial charge in [0.05, 0.1) is 16.8 Å². The Morgan fingerprint density at radius 3 is 3.10 bits per heavy atom. The van der Waals surface area contributed by atoms with Gasteiger partial charge in [-0.2, -0.15) is 5.10 Å². The van der Waals surface area contributed by atoms with Crippen molar-refractivity contribution in [3.05, 3.63) is 29.3 Å². The van der Waals surface area contributed by atoms with Gasteiger partial charge in [-0.15, -0.1) is 11.3 Å². The Morgan fingerprint density at radius 2 is 2.30 bits per heavy atom. The predicted molar refractivity (Wildman–Crippen MR) is 84.7 cm³/mol. The fourth-order valence-electron chi connectivity index (χ4n) is 3.17. The third-order valence-corrected chi connectivity index (χ3v) is 5.38. The molecule has 3 rings (SSSR count). The number of nitrogens with zero attached hydrogens (tertiary/aromatic N) is 1. The molecule has 1 aliphatic carbocycles. The molecule has 0 radical (unpaired) electrons. The molecule has 4 heteroatoms. The number of hydrogen-bond donors (Lipinski definition) is 2. The predicted octanol–water partition coefficient (Wildman–Crippen LogP) is 4.05. The van der Waals surface area contributed by atoms with Crippen LogP contribution in [0.3, 0.4) is 0 Å². The van der Waals surface area contributed by atoms with Crippen molar-refractivity contribution in [2.45, 2.75) is 39.2 Å². The fraction of sp³-hybridized carbons (Fsp3) is 0.562. The summed E-state index contributed by atoms with van der Waals surface area (Å²) < 4.78 is 0. The van der Waals surface area contributed by atoms with Crippen LogP contribution in [0.2, 0.25) is 0 Å². The van der Waals surface area contributed by atoms with Gasteiger partial charge >= 0.3 is 0 Å². The second kappa shape index (κ2) is 6.55. The summed E-state index contributed by atoms with van der Waals surface area (Å²) in [6.07, 6.45) is 7.56. The minimum Gasteiger partial charge on any atom is -0.312 e. The van der Waals surface area contributed by atoms with Gasteiger partial charge in [0.1, 0.15) is 0 Å². The van der Waals surface area contributed by atoms with E-state index in [1.165, 1.54) is 41.8 Å². The zero-order chi connectivity index (χ0) is 13.8. The van der Waals surface area contributed by atoms with Gasteiger partial charge in [0.15, 0.2) is 0 Å². The van der Waals surface area contributed by atoms with Crippen LogP contribution in [0.4, 0.5) is 0 Å². The smallest absolute Gasteiger partial charge is 0.0794 e. The summed E-state index contributed by atoms with van der Waals surface area (Å²) in [5.41, 5.74) is 2.44. The van der Waals surface area contributed by atoms with Crippen LogP contribution in [-0.2, 0) is 6.54 Å². The van der Waals surface area contributed by atoms with Crippen molar-refractivity contribution in [3.8, 4) is 10.6 Å². The summed E-state index contributed by atoms with van der Waals surface area (Å²) in [4.78, 5) is 1.27. The molecule has 0 bridgehead atoms. The van der Waals surface area contributed by atoms with Gasteiger partial charge in [0, 0.05) is 12.1 Å². The number of nitrogens with one attached hydrogen (secondary N) is 2. The molecule has 1 saturated carbocycles. The minimum absolute atomic E-state index is 0.848. The van der Waals surface area contributed by atoms with E-state index >= 15 is 0 Å². The number of aromatic nitrogens is 2. The van der Waals surface area contributed by atoms with E-state index in [2.05, 4.69) is 40.0 Å². The molecule has 0 saturated heterocycles. The van der Waals surface area contributed by atoms with Gasteiger partial charge in [-0.25, -0.2) is 0 Å². The van der Waals surface area contributed by atoms with Crippen LogP contribution in [0, 0.1) is 11.8 Å². The molecule has 1 aliphatic rings. The molecule has 2 aromatic rings. The lowest BCUT2D eigenvalue weighted by molar-refractivity contribution is 0.247. The van der Waals surface area contributed by atoms with Gasteiger partial charge in [-0.1, -0.05) is 32.3 Å². The number of thiophene rings is 1. The van der Waals surface area contributed by atoms with E-state index in [4.69, 9.17) is 0 Å². The molecule has 108 valence electrons. The van der Waals surface area contributed by atoms with Crippen LogP contribution in [0.5, 0.6) is 0 Å². The standard InChI is InChI=1S/C16H23N3S/c1-12-5-2-3-6-13(12)9-17-10-14-11-18-19-16(14)15-7-4-8-20-15/h4,7-8,11-13,17H,2-3,5-6,9-10H2,1H3,(H,18,19). The van der Waals surface area contributed by atoms with Crippen molar-refractivity contribution in [3.63, 3.8) is 0 Å². The van der Waals surface area contributed by atoms with Crippen LogP contribution in [0.15, 0.2) is 23.7 Å². The number of aromatic amines is 1. The van der Waals surface area contributed by atoms with E-state index < -0.39 is 0 Å². The number of H-pyrrole nitrogens is 1. The second-order valence-corrected chi connectivity index (χ2v) is 6.85. The number of rotatable bonds is 5. The van der Waals surface area contributed by atoms with E-state index in [0.29, 0.717) is 0 Å². The first-order valence-electron chi connectivity index (χ1n) is 7.61. The molecule has 2 atom stereocenters. The molecule has 2 heterocycles. The third kappa shape index (κ3) is 3.13. The van der Waals surface area contributed by atoms with Gasteiger partial charge in [-0.3, -0.25) is 5.10 Å². The van der Waals surface area contributed by atoms with Crippen molar-refractivity contribution in [2.24, 2.45) is 11.8 Å². The summed E-state index contributed by atoms with van der Waals surface area (Å²) in [5, 5.41) is 13.1. The highest BCUT2D eigenvalue weighted by molar-refractivity contribution is 7.13. The maximum atomic E-state index is 4.20. The topological polar surface area (TPSA) is 40.7 Å². The Bertz CT molecular complexity index is 518. The molecular weight excluding hydrogens is 266 g/mol. The molecule has 2 unspecified atom stereocenters. The first-order valence-corrected chi connectivity index (χ1v) is 8.49. The van der Waals surface area contributed by atoms with Crippen molar-refractivity contribution in [1.29, 1.82) is 0 Å². The summed E-state index contributed by atoms with van der Waals surface area (Å²) in [7, 11) is 0. The molecule has 1 fully saturated rings. The van der Waals surface area contributed by atoms with E-state index in [-0.39, 0.29) is 0 Å². The fourth-order valence-corrected chi connectivity index (χ4v) is 3.92. The Labute approximate surface area is 124 Å². The zero-order valence-corrected chi connectivity index (χ0v) is 12.9. The normalized spacial score (nSPS) is 23.1. The zero-order valence-electron chi connectivity index (χ0n) is 12.1.